The zero-order valence-electron chi connectivity index (χ0n) is 9.06. The lowest BCUT2D eigenvalue weighted by Gasteiger charge is -2.30. The molecule has 0 unspecified atom stereocenters. The minimum absolute atomic E-state index is 0.288. The average molecular weight is 364 g/mol. The number of esters is 1. The van der Waals surface area contributed by atoms with Crippen LogP contribution in [-0.4, -0.2) is 29.9 Å². The average Bonchev–Trinajstić information content (AvgIpc) is 2.43. The van der Waals surface area contributed by atoms with E-state index in [1.807, 2.05) is 42.2 Å². The number of carbonyl (C=O) groups is 1. The molecule has 1 rings (SSSR count). The molecule has 2 nitrogen and oxygen atoms in total. The second kappa shape index (κ2) is 4.32. The summed E-state index contributed by atoms with van der Waals surface area (Å²) in [6.45, 7) is 5.85. The van der Waals surface area contributed by atoms with Crippen molar-refractivity contribution in [3.05, 3.63) is 11.6 Å². The van der Waals surface area contributed by atoms with E-state index >= 15 is 0 Å². The van der Waals surface area contributed by atoms with Crippen molar-refractivity contribution in [2.24, 2.45) is 0 Å². The van der Waals surface area contributed by atoms with Gasteiger partial charge in [0.05, 0.1) is 13.6 Å². The van der Waals surface area contributed by atoms with Gasteiger partial charge in [-0.25, -0.2) is 4.79 Å². The largest absolute Gasteiger partial charge is 0.453 e. The first-order valence-electron chi connectivity index (χ1n) is 4.67. The molecule has 1 heterocycles. The molecular weight excluding hydrogens is 352 g/mol. The molecule has 1 aliphatic heterocycles. The smallest absolute Gasteiger partial charge is 0.416 e. The van der Waals surface area contributed by atoms with E-state index in [9.17, 15) is 18.0 Å². The summed E-state index contributed by atoms with van der Waals surface area (Å²) in [5.41, 5.74) is -0.848. The number of hydrogen-bond donors (Lipinski definition) is 0. The number of ether oxygens (including phenoxy) is 1. The number of carbonyl (C=O) groups excluding carboxylic acids is 1. The first kappa shape index (κ1) is 14.0. The Kier molecular flexibility index (Phi) is 3.78. The second-order valence-electron chi connectivity index (χ2n) is 4.72. The quantitative estimate of drug-likeness (QED) is 0.326. The van der Waals surface area contributed by atoms with Crippen LogP contribution in [-0.2, 0) is 9.53 Å². The van der Waals surface area contributed by atoms with E-state index in [1.165, 1.54) is 0 Å². The summed E-state index contributed by atoms with van der Waals surface area (Å²) >= 11 is 1.96. The van der Waals surface area contributed by atoms with E-state index in [0.29, 0.717) is 6.08 Å². The van der Waals surface area contributed by atoms with Crippen LogP contribution in [0.4, 0.5) is 13.2 Å². The van der Waals surface area contributed by atoms with Gasteiger partial charge in [0.15, 0.2) is 0 Å². The molecule has 16 heavy (non-hydrogen) atoms. The summed E-state index contributed by atoms with van der Waals surface area (Å²) in [4.78, 5) is 11.0. The van der Waals surface area contributed by atoms with Gasteiger partial charge in [0, 0.05) is 9.62 Å². The third kappa shape index (κ3) is 2.99. The molecule has 0 amide bonds. The van der Waals surface area contributed by atoms with E-state index < -0.39 is 31.9 Å². The molecule has 0 N–H and O–H groups in total. The molecule has 0 spiro atoms. The first-order chi connectivity index (χ1) is 7.03. The number of rotatable bonds is 2. The molecule has 0 fully saturated rings. The lowest BCUT2D eigenvalue weighted by molar-refractivity contribution is -0.140. The van der Waals surface area contributed by atoms with Gasteiger partial charge >= 0.3 is 12.1 Å². The number of hydrogen-bond acceptors (Lipinski definition) is 2. The third-order valence-corrected chi connectivity index (χ3v) is 10.5. The number of cyclic esters (lactones) is 1. The maximum absolute atomic E-state index is 12.6. The molecule has 0 aliphatic carbocycles. The Hall–Kier alpha value is -0.0531. The highest BCUT2D eigenvalue weighted by molar-refractivity contribution is 14.1. The molecule has 0 radical (unpaired) electrons. The minimum atomic E-state index is -4.49. The molecule has 7 heteroatoms. The highest BCUT2D eigenvalue weighted by atomic mass is 127. The Balaban J connectivity index is 3.00. The van der Waals surface area contributed by atoms with Gasteiger partial charge in [-0.1, -0.05) is 42.2 Å². The Morgan fingerprint density at radius 2 is 1.94 bits per heavy atom. The van der Waals surface area contributed by atoms with Crippen LogP contribution in [0.15, 0.2) is 11.6 Å². The summed E-state index contributed by atoms with van der Waals surface area (Å²) < 4.78 is 42.4. The Labute approximate surface area is 106 Å². The van der Waals surface area contributed by atoms with E-state index in [1.54, 1.807) is 0 Å². The Morgan fingerprint density at radius 1 is 1.44 bits per heavy atom. The zero-order chi connectivity index (χ0) is 12.7. The van der Waals surface area contributed by atoms with E-state index in [-0.39, 0.29) is 3.55 Å². The van der Waals surface area contributed by atoms with Crippen LogP contribution in [0.2, 0.25) is 19.6 Å². The van der Waals surface area contributed by atoms with Crippen molar-refractivity contribution in [1.29, 1.82) is 0 Å². The number of alkyl halides is 4. The van der Waals surface area contributed by atoms with Crippen molar-refractivity contribution >= 4 is 36.6 Å². The monoisotopic (exact) mass is 364 g/mol. The van der Waals surface area contributed by atoms with Crippen LogP contribution in [0.5, 0.6) is 0 Å². The van der Waals surface area contributed by atoms with Gasteiger partial charge in [0.25, 0.3) is 0 Å². The van der Waals surface area contributed by atoms with Crippen LogP contribution in [0, 0.1) is 0 Å². The highest BCUT2D eigenvalue weighted by Gasteiger charge is 2.49. The molecule has 0 bridgehead atoms. The van der Waals surface area contributed by atoms with Crippen LogP contribution >= 0.6 is 22.6 Å². The van der Waals surface area contributed by atoms with E-state index in [4.69, 9.17) is 4.74 Å². The maximum Gasteiger partial charge on any atom is 0.416 e. The van der Waals surface area contributed by atoms with Gasteiger partial charge in [0.2, 0.25) is 0 Å². The van der Waals surface area contributed by atoms with Gasteiger partial charge in [-0.2, -0.15) is 13.2 Å². The minimum Gasteiger partial charge on any atom is -0.453 e. The molecule has 92 valence electrons. The van der Waals surface area contributed by atoms with Gasteiger partial charge in [0.1, 0.15) is 6.10 Å². The van der Waals surface area contributed by atoms with E-state index in [0.717, 1.165) is 0 Å². The molecule has 0 aromatic carbocycles. The summed E-state index contributed by atoms with van der Waals surface area (Å²) in [5, 5.41) is 0. The van der Waals surface area contributed by atoms with Crippen LogP contribution in [0.25, 0.3) is 0 Å². The maximum atomic E-state index is 12.6. The van der Waals surface area contributed by atoms with Crippen LogP contribution < -0.4 is 0 Å². The molecule has 2 atom stereocenters. The predicted octanol–water partition coefficient (Wildman–Crippen LogP) is 3.08. The molecule has 0 saturated heterocycles. The third-order valence-electron chi connectivity index (χ3n) is 2.24. The fraction of sp³-hybridized carbons (Fsp3) is 0.667. The SMILES string of the molecule is C[Si](C)(C)[C@@H](I)[C@H]1OC(=O)C=C1C(F)(F)F. The predicted molar refractivity (Wildman–Crippen MR) is 65.2 cm³/mol. The first-order valence-corrected chi connectivity index (χ1v) is 9.49. The lowest BCUT2D eigenvalue weighted by Crippen LogP contribution is -2.45. The fourth-order valence-electron chi connectivity index (χ4n) is 1.35. The highest BCUT2D eigenvalue weighted by Crippen LogP contribution is 2.38. The van der Waals surface area contributed by atoms with Crippen molar-refractivity contribution in [2.45, 2.75) is 35.5 Å². The molecular formula is C9H12F3IO2Si. The van der Waals surface area contributed by atoms with Gasteiger partial charge in [-0.3, -0.25) is 0 Å². The number of halogens is 4. The van der Waals surface area contributed by atoms with Crippen LogP contribution in [0.1, 0.15) is 0 Å². The van der Waals surface area contributed by atoms with Gasteiger partial charge < -0.3 is 4.74 Å². The van der Waals surface area contributed by atoms with Crippen molar-refractivity contribution < 1.29 is 22.7 Å². The second-order valence-corrected chi connectivity index (χ2v) is 12.6. The lowest BCUT2D eigenvalue weighted by atomic mass is 10.2. The van der Waals surface area contributed by atoms with E-state index in [2.05, 4.69) is 0 Å². The molecule has 0 aromatic rings. The van der Waals surface area contributed by atoms with Gasteiger partial charge in [-0.05, 0) is 0 Å². The molecule has 0 aromatic heterocycles. The van der Waals surface area contributed by atoms with Crippen molar-refractivity contribution in [1.82, 2.24) is 0 Å². The normalized spacial score (nSPS) is 24.1. The van der Waals surface area contributed by atoms with Crippen molar-refractivity contribution in [2.75, 3.05) is 0 Å². The van der Waals surface area contributed by atoms with Gasteiger partial charge in [-0.15, -0.1) is 0 Å². The van der Waals surface area contributed by atoms with Crippen molar-refractivity contribution in [3.8, 4) is 0 Å². The summed E-state index contributed by atoms with van der Waals surface area (Å²) in [7, 11) is -1.81. The van der Waals surface area contributed by atoms with Crippen molar-refractivity contribution in [3.63, 3.8) is 0 Å². The Bertz CT molecular complexity index is 333. The fourth-order valence-corrected chi connectivity index (χ4v) is 3.04. The standard InChI is InChI=1S/C9H12F3IO2Si/c1-16(2,3)8(13)7-5(9(10,11)12)4-6(14)15-7/h4,7-8H,1-3H3/t7-,8+/m0/s1. The van der Waals surface area contributed by atoms with Crippen LogP contribution in [0.3, 0.4) is 0 Å². The zero-order valence-corrected chi connectivity index (χ0v) is 12.2. The summed E-state index contributed by atoms with van der Waals surface area (Å²) in [6, 6.07) is 0. The topological polar surface area (TPSA) is 26.3 Å². The molecule has 0 saturated carbocycles. The summed E-state index contributed by atoms with van der Waals surface area (Å²) in [5.74, 6) is -0.891. The summed E-state index contributed by atoms with van der Waals surface area (Å²) in [6.07, 6.45) is -5.06. The Morgan fingerprint density at radius 3 is 2.31 bits per heavy atom. The molecule has 1 aliphatic rings.